The standard InChI is InChI=1S/C24H24N2O3S3/c1-29-16-8-6-15(7-9-16)25-18(27)12-26-23-22(32-24(26)28)20(17-3-2-10-30-17)19-13-4-5-14(11-13)21(19)31-23/h2-3,6-10,13-14,19-21H,4-5,11-12H2,1H3,(H,25,27)/t13-,14+,19+,20+,21+/m1/s1. The Bertz CT molecular complexity index is 1200. The molecule has 0 saturated heterocycles. The maximum absolute atomic E-state index is 13.1. The van der Waals surface area contributed by atoms with Crippen molar-refractivity contribution in [3.63, 3.8) is 0 Å². The smallest absolute Gasteiger partial charge is 0.308 e. The van der Waals surface area contributed by atoms with Gasteiger partial charge in [-0.05, 0) is 72.7 Å². The predicted octanol–water partition coefficient (Wildman–Crippen LogP) is 5.27. The lowest BCUT2D eigenvalue weighted by molar-refractivity contribution is -0.116. The quantitative estimate of drug-likeness (QED) is 0.536. The SMILES string of the molecule is COc1ccc(NC(=O)Cn2c3c(sc2=O)[C@@H](c2cccs2)[C@@H]2[C@@H]4CC[C@@H](C4)[C@@H]2S3)cc1. The van der Waals surface area contributed by atoms with Gasteiger partial charge in [0.15, 0.2) is 0 Å². The Kier molecular flexibility index (Phi) is 5.19. The number of rotatable bonds is 5. The zero-order valence-corrected chi connectivity index (χ0v) is 20.1. The van der Waals surface area contributed by atoms with Gasteiger partial charge in [-0.3, -0.25) is 14.2 Å². The van der Waals surface area contributed by atoms with Crippen molar-refractivity contribution >= 4 is 46.0 Å². The van der Waals surface area contributed by atoms with Crippen molar-refractivity contribution in [1.29, 1.82) is 0 Å². The molecule has 0 unspecified atom stereocenters. The number of nitrogens with one attached hydrogen (secondary N) is 1. The van der Waals surface area contributed by atoms with Crippen molar-refractivity contribution < 1.29 is 9.53 Å². The number of hydrogen-bond acceptors (Lipinski definition) is 6. The second-order valence-corrected chi connectivity index (χ2v) is 12.0. The van der Waals surface area contributed by atoms with Gasteiger partial charge in [0.25, 0.3) is 0 Å². The maximum atomic E-state index is 13.1. The Hall–Kier alpha value is -2.03. The van der Waals surface area contributed by atoms with Crippen LogP contribution < -0.4 is 14.9 Å². The van der Waals surface area contributed by atoms with Gasteiger partial charge in [-0.2, -0.15) is 0 Å². The summed E-state index contributed by atoms with van der Waals surface area (Å²) in [5, 5.41) is 6.64. The normalized spacial score (nSPS) is 27.7. The maximum Gasteiger partial charge on any atom is 0.308 e. The van der Waals surface area contributed by atoms with Gasteiger partial charge in [0.2, 0.25) is 5.91 Å². The summed E-state index contributed by atoms with van der Waals surface area (Å²) in [7, 11) is 1.61. The number of ether oxygens (including phenoxy) is 1. The molecule has 5 atom stereocenters. The van der Waals surface area contributed by atoms with Crippen LogP contribution >= 0.6 is 34.4 Å². The molecule has 2 aromatic heterocycles. The van der Waals surface area contributed by atoms with Crippen LogP contribution in [0.3, 0.4) is 0 Å². The van der Waals surface area contributed by atoms with E-state index >= 15 is 0 Å². The molecule has 2 bridgehead atoms. The molecule has 1 amide bonds. The highest BCUT2D eigenvalue weighted by Gasteiger charge is 2.55. The molecule has 1 aliphatic heterocycles. The Morgan fingerprint density at radius 2 is 2.00 bits per heavy atom. The van der Waals surface area contributed by atoms with E-state index in [1.807, 2.05) is 36.0 Å². The highest BCUT2D eigenvalue weighted by molar-refractivity contribution is 8.00. The van der Waals surface area contributed by atoms with Crippen molar-refractivity contribution in [2.24, 2.45) is 17.8 Å². The second kappa shape index (κ2) is 8.08. The summed E-state index contributed by atoms with van der Waals surface area (Å²) in [6, 6.07) is 11.6. The average molecular weight is 485 g/mol. The molecule has 3 aromatic rings. The van der Waals surface area contributed by atoms with Gasteiger partial charge >= 0.3 is 4.87 Å². The van der Waals surface area contributed by atoms with E-state index in [0.29, 0.717) is 22.8 Å². The molecular weight excluding hydrogens is 460 g/mol. The first-order valence-corrected chi connectivity index (χ1v) is 13.6. The van der Waals surface area contributed by atoms with E-state index in [-0.39, 0.29) is 17.3 Å². The van der Waals surface area contributed by atoms with Crippen molar-refractivity contribution in [2.45, 2.75) is 42.0 Å². The summed E-state index contributed by atoms with van der Waals surface area (Å²) in [5.74, 6) is 2.98. The number of thiophene rings is 1. The number of anilines is 1. The van der Waals surface area contributed by atoms with Crippen molar-refractivity contribution in [3.8, 4) is 5.75 Å². The van der Waals surface area contributed by atoms with E-state index in [2.05, 4.69) is 22.8 Å². The molecule has 2 aliphatic carbocycles. The number of nitrogens with zero attached hydrogens (tertiary/aromatic N) is 1. The summed E-state index contributed by atoms with van der Waals surface area (Å²) in [6.45, 7) is 0.0480. The lowest BCUT2D eigenvalue weighted by atomic mass is 9.77. The van der Waals surface area contributed by atoms with Crippen LogP contribution in [-0.2, 0) is 11.3 Å². The van der Waals surface area contributed by atoms with Crippen molar-refractivity contribution in [2.75, 3.05) is 12.4 Å². The predicted molar refractivity (Wildman–Crippen MR) is 130 cm³/mol. The van der Waals surface area contributed by atoms with Crippen LogP contribution in [0.4, 0.5) is 5.69 Å². The summed E-state index contributed by atoms with van der Waals surface area (Å²) in [5.41, 5.74) is 0.699. The molecule has 8 heteroatoms. The Morgan fingerprint density at radius 3 is 2.75 bits per heavy atom. The van der Waals surface area contributed by atoms with Crippen LogP contribution in [0, 0.1) is 17.8 Å². The Balaban J connectivity index is 1.32. The fraction of sp³-hybridized carbons (Fsp3) is 0.417. The molecule has 1 aromatic carbocycles. The highest BCUT2D eigenvalue weighted by atomic mass is 32.2. The first kappa shape index (κ1) is 20.6. The third kappa shape index (κ3) is 3.35. The molecule has 1 N–H and O–H groups in total. The van der Waals surface area contributed by atoms with Gasteiger partial charge < -0.3 is 10.1 Å². The van der Waals surface area contributed by atoms with E-state index in [1.54, 1.807) is 23.0 Å². The number of aromatic nitrogens is 1. The number of thiazole rings is 1. The minimum Gasteiger partial charge on any atom is -0.497 e. The van der Waals surface area contributed by atoms with E-state index in [1.165, 1.54) is 40.4 Å². The van der Waals surface area contributed by atoms with Gasteiger partial charge in [-0.25, -0.2) is 0 Å². The van der Waals surface area contributed by atoms with E-state index in [0.717, 1.165) is 22.6 Å². The fourth-order valence-electron chi connectivity index (χ4n) is 5.89. The van der Waals surface area contributed by atoms with Gasteiger partial charge in [-0.1, -0.05) is 17.4 Å². The molecule has 2 saturated carbocycles. The lowest BCUT2D eigenvalue weighted by Crippen LogP contribution is -2.34. The molecule has 32 heavy (non-hydrogen) atoms. The minimum atomic E-state index is -0.179. The van der Waals surface area contributed by atoms with Crippen LogP contribution in [-0.4, -0.2) is 22.8 Å². The first-order chi connectivity index (χ1) is 15.6. The van der Waals surface area contributed by atoms with Gasteiger partial charge in [0, 0.05) is 26.6 Å². The lowest BCUT2D eigenvalue weighted by Gasteiger charge is -2.40. The van der Waals surface area contributed by atoms with Crippen molar-refractivity contribution in [3.05, 3.63) is 61.2 Å². The van der Waals surface area contributed by atoms with E-state index in [4.69, 9.17) is 4.74 Å². The zero-order chi connectivity index (χ0) is 21.8. The second-order valence-electron chi connectivity index (χ2n) is 8.89. The number of thioether (sulfide) groups is 1. The van der Waals surface area contributed by atoms with Crippen LogP contribution in [0.2, 0.25) is 0 Å². The number of benzene rings is 1. The van der Waals surface area contributed by atoms with Crippen LogP contribution in [0.1, 0.15) is 34.9 Å². The van der Waals surface area contributed by atoms with Crippen LogP contribution in [0.15, 0.2) is 51.6 Å². The third-order valence-corrected chi connectivity index (χ3v) is 11.0. The molecule has 3 heterocycles. The molecular formula is C24H24N2O3S3. The van der Waals surface area contributed by atoms with Gasteiger partial charge in [-0.15, -0.1) is 23.1 Å². The summed E-state index contributed by atoms with van der Waals surface area (Å²) < 4.78 is 6.89. The van der Waals surface area contributed by atoms with E-state index < -0.39 is 0 Å². The van der Waals surface area contributed by atoms with Crippen molar-refractivity contribution in [1.82, 2.24) is 4.57 Å². The number of hydrogen-bond donors (Lipinski definition) is 1. The van der Waals surface area contributed by atoms with Crippen LogP contribution in [0.25, 0.3) is 0 Å². The molecule has 166 valence electrons. The third-order valence-electron chi connectivity index (χ3n) is 7.22. The summed E-state index contributed by atoms with van der Waals surface area (Å²) in [6.07, 6.45) is 3.95. The number of fused-ring (bicyclic) bond motifs is 6. The number of carbonyl (C=O) groups excluding carboxylic acids is 1. The Labute approximate surface area is 198 Å². The van der Waals surface area contributed by atoms with Gasteiger partial charge in [0.05, 0.1) is 12.1 Å². The molecule has 6 rings (SSSR count). The summed E-state index contributed by atoms with van der Waals surface area (Å²) in [4.78, 5) is 28.4. The number of carbonyl (C=O) groups is 1. The molecule has 0 radical (unpaired) electrons. The van der Waals surface area contributed by atoms with Crippen LogP contribution in [0.5, 0.6) is 5.75 Å². The summed E-state index contributed by atoms with van der Waals surface area (Å²) >= 11 is 5.02. The zero-order valence-electron chi connectivity index (χ0n) is 17.7. The topological polar surface area (TPSA) is 60.3 Å². The monoisotopic (exact) mass is 484 g/mol. The minimum absolute atomic E-state index is 0.0266. The molecule has 0 spiro atoms. The number of amides is 1. The number of methoxy groups -OCH3 is 1. The first-order valence-electron chi connectivity index (χ1n) is 11.0. The van der Waals surface area contributed by atoms with E-state index in [9.17, 15) is 9.59 Å². The molecule has 3 aliphatic rings. The van der Waals surface area contributed by atoms with Gasteiger partial charge in [0.1, 0.15) is 12.3 Å². The fourth-order valence-corrected chi connectivity index (χ4v) is 10.0. The largest absolute Gasteiger partial charge is 0.497 e. The average Bonchev–Trinajstić information content (AvgIpc) is 3.59. The molecule has 5 nitrogen and oxygen atoms in total. The highest BCUT2D eigenvalue weighted by Crippen LogP contribution is 2.64. The molecule has 2 fully saturated rings. The Morgan fingerprint density at radius 1 is 1.19 bits per heavy atom.